The number of hydrogen-bond donors (Lipinski definition) is 3. The van der Waals surface area contributed by atoms with Gasteiger partial charge in [-0.2, -0.15) is 0 Å². The van der Waals surface area contributed by atoms with E-state index in [1.54, 1.807) is 13.0 Å². The molecule has 0 saturated carbocycles. The van der Waals surface area contributed by atoms with Crippen LogP contribution in [0, 0.1) is 0 Å². The molecule has 214 valence electrons. The average molecular weight is 630 g/mol. The van der Waals surface area contributed by atoms with Crippen LogP contribution in [0.3, 0.4) is 0 Å². The summed E-state index contributed by atoms with van der Waals surface area (Å²) in [6.45, 7) is 1.94. The summed E-state index contributed by atoms with van der Waals surface area (Å²) in [5, 5.41) is 14.9. The predicted octanol–water partition coefficient (Wildman–Crippen LogP) is 6.60. The predicted molar refractivity (Wildman–Crippen MR) is 162 cm³/mol. The number of nitrogens with one attached hydrogen (secondary N) is 2. The Hall–Kier alpha value is -4.47. The van der Waals surface area contributed by atoms with E-state index in [0.29, 0.717) is 4.47 Å². The van der Waals surface area contributed by atoms with Gasteiger partial charge in [-0.15, -0.1) is 0 Å². The number of fused-ring (bicyclic) bond motifs is 3. The summed E-state index contributed by atoms with van der Waals surface area (Å²) >= 11 is 3.25. The largest absolute Gasteiger partial charge is 0.478 e. The van der Waals surface area contributed by atoms with Crippen LogP contribution in [-0.4, -0.2) is 41.8 Å². The highest BCUT2D eigenvalue weighted by Gasteiger charge is 2.32. The molecular weight excluding hydrogens is 600 g/mol. The van der Waals surface area contributed by atoms with Crippen LogP contribution >= 0.6 is 15.9 Å². The van der Waals surface area contributed by atoms with Crippen molar-refractivity contribution in [1.29, 1.82) is 0 Å². The number of carboxylic acids is 1. The SMILES string of the molecule is CC(OCc1ccccc1)C(NC(=O)OCC1c2ccccc2-c2ccccc21)C(=O)Nc1ccc(Br)cc1C(=O)O. The number of alkyl carbamates (subject to hydrolysis) is 1. The number of anilines is 1. The third-order valence-corrected chi connectivity index (χ3v) is 7.69. The van der Waals surface area contributed by atoms with Crippen molar-refractivity contribution in [3.05, 3.63) is 124 Å². The zero-order valence-corrected chi connectivity index (χ0v) is 24.3. The Morgan fingerprint density at radius 2 is 1.50 bits per heavy atom. The number of halogens is 1. The summed E-state index contributed by atoms with van der Waals surface area (Å²) in [6, 6.07) is 28.7. The van der Waals surface area contributed by atoms with Crippen LogP contribution in [0.5, 0.6) is 0 Å². The molecule has 2 atom stereocenters. The highest BCUT2D eigenvalue weighted by atomic mass is 79.9. The second-order valence-corrected chi connectivity index (χ2v) is 10.8. The molecule has 2 unspecified atom stereocenters. The first-order chi connectivity index (χ1) is 20.3. The molecular formula is C33H29BrN2O6. The Kier molecular flexibility index (Phi) is 9.00. The van der Waals surface area contributed by atoms with Crippen LogP contribution in [0.15, 0.2) is 102 Å². The maximum Gasteiger partial charge on any atom is 0.407 e. The van der Waals surface area contributed by atoms with Gasteiger partial charge < -0.3 is 25.2 Å². The summed E-state index contributed by atoms with van der Waals surface area (Å²) in [7, 11) is 0. The molecule has 0 fully saturated rings. The molecule has 0 radical (unpaired) electrons. The number of aromatic carboxylic acids is 1. The molecule has 8 nitrogen and oxygen atoms in total. The van der Waals surface area contributed by atoms with Crippen molar-refractivity contribution in [2.45, 2.75) is 31.6 Å². The molecule has 42 heavy (non-hydrogen) atoms. The van der Waals surface area contributed by atoms with E-state index < -0.39 is 30.1 Å². The van der Waals surface area contributed by atoms with E-state index >= 15 is 0 Å². The first kappa shape index (κ1) is 29.0. The minimum absolute atomic E-state index is 0.0727. The van der Waals surface area contributed by atoms with Crippen LogP contribution < -0.4 is 10.6 Å². The Morgan fingerprint density at radius 1 is 0.881 bits per heavy atom. The van der Waals surface area contributed by atoms with Gasteiger partial charge in [-0.3, -0.25) is 4.79 Å². The van der Waals surface area contributed by atoms with Crippen LogP contribution in [0.4, 0.5) is 10.5 Å². The Bertz CT molecular complexity index is 1560. The molecule has 1 aliphatic carbocycles. The summed E-state index contributed by atoms with van der Waals surface area (Å²) in [5.41, 5.74) is 5.22. The van der Waals surface area contributed by atoms with Gasteiger partial charge in [-0.1, -0.05) is 94.8 Å². The van der Waals surface area contributed by atoms with E-state index in [1.165, 1.54) is 12.1 Å². The number of carboxylic acid groups (broad SMARTS) is 1. The Balaban J connectivity index is 1.32. The number of rotatable bonds is 10. The molecule has 4 aromatic carbocycles. The number of amides is 2. The molecule has 0 saturated heterocycles. The summed E-state index contributed by atoms with van der Waals surface area (Å²) in [4.78, 5) is 38.4. The average Bonchev–Trinajstić information content (AvgIpc) is 3.32. The Morgan fingerprint density at radius 3 is 2.14 bits per heavy atom. The fourth-order valence-corrected chi connectivity index (χ4v) is 5.44. The van der Waals surface area contributed by atoms with Gasteiger partial charge in [0.25, 0.3) is 0 Å². The molecule has 2 amide bonds. The Labute approximate surface area is 251 Å². The maximum absolute atomic E-state index is 13.5. The van der Waals surface area contributed by atoms with E-state index in [-0.39, 0.29) is 30.4 Å². The van der Waals surface area contributed by atoms with Crippen molar-refractivity contribution in [2.24, 2.45) is 0 Å². The zero-order valence-electron chi connectivity index (χ0n) is 22.8. The zero-order chi connectivity index (χ0) is 29.6. The highest BCUT2D eigenvalue weighted by molar-refractivity contribution is 9.10. The van der Waals surface area contributed by atoms with E-state index in [0.717, 1.165) is 27.8 Å². The molecule has 4 aromatic rings. The molecule has 5 rings (SSSR count). The minimum atomic E-state index is -1.21. The number of carbonyl (C=O) groups excluding carboxylic acids is 2. The van der Waals surface area contributed by atoms with E-state index in [2.05, 4.69) is 26.6 Å². The number of carbonyl (C=O) groups is 3. The second kappa shape index (κ2) is 13.0. The van der Waals surface area contributed by atoms with E-state index in [4.69, 9.17) is 9.47 Å². The lowest BCUT2D eigenvalue weighted by atomic mass is 9.98. The summed E-state index contributed by atoms with van der Waals surface area (Å²) in [5.74, 6) is -2.00. The third-order valence-electron chi connectivity index (χ3n) is 7.19. The summed E-state index contributed by atoms with van der Waals surface area (Å²) < 4.78 is 12.2. The van der Waals surface area contributed by atoms with Gasteiger partial charge in [-0.25, -0.2) is 9.59 Å². The van der Waals surface area contributed by atoms with Crippen LogP contribution in [0.1, 0.15) is 39.9 Å². The first-order valence-electron chi connectivity index (χ1n) is 13.4. The normalized spacial score (nSPS) is 13.4. The quantitative estimate of drug-likeness (QED) is 0.182. The van der Waals surface area contributed by atoms with Gasteiger partial charge in [-0.05, 0) is 52.9 Å². The van der Waals surface area contributed by atoms with Gasteiger partial charge >= 0.3 is 12.1 Å². The lowest BCUT2D eigenvalue weighted by molar-refractivity contribution is -0.121. The number of benzene rings is 4. The lowest BCUT2D eigenvalue weighted by Crippen LogP contribution is -2.51. The van der Waals surface area contributed by atoms with Gasteiger partial charge in [0.15, 0.2) is 0 Å². The monoisotopic (exact) mass is 628 g/mol. The van der Waals surface area contributed by atoms with Crippen molar-refractivity contribution < 1.29 is 29.0 Å². The van der Waals surface area contributed by atoms with Gasteiger partial charge in [0.1, 0.15) is 12.6 Å². The fraction of sp³-hybridized carbons (Fsp3) is 0.182. The van der Waals surface area contributed by atoms with Crippen molar-refractivity contribution in [3.63, 3.8) is 0 Å². The molecule has 0 bridgehead atoms. The van der Waals surface area contributed by atoms with Crippen LogP contribution in [0.25, 0.3) is 11.1 Å². The smallest absolute Gasteiger partial charge is 0.407 e. The number of ether oxygens (including phenoxy) is 2. The summed E-state index contributed by atoms with van der Waals surface area (Å²) in [6.07, 6.45) is -1.57. The van der Waals surface area contributed by atoms with E-state index in [9.17, 15) is 19.5 Å². The molecule has 1 aliphatic rings. The fourth-order valence-electron chi connectivity index (χ4n) is 5.07. The molecule has 0 heterocycles. The molecule has 9 heteroatoms. The van der Waals surface area contributed by atoms with Gasteiger partial charge in [0.2, 0.25) is 5.91 Å². The van der Waals surface area contributed by atoms with Gasteiger partial charge in [0.05, 0.1) is 24.0 Å². The van der Waals surface area contributed by atoms with Crippen molar-refractivity contribution in [3.8, 4) is 11.1 Å². The van der Waals surface area contributed by atoms with E-state index in [1.807, 2.05) is 78.9 Å². The maximum atomic E-state index is 13.5. The topological polar surface area (TPSA) is 114 Å². The van der Waals surface area contributed by atoms with Crippen molar-refractivity contribution in [2.75, 3.05) is 11.9 Å². The third kappa shape index (κ3) is 6.53. The van der Waals surface area contributed by atoms with Gasteiger partial charge in [0, 0.05) is 10.4 Å². The highest BCUT2D eigenvalue weighted by Crippen LogP contribution is 2.44. The second-order valence-electron chi connectivity index (χ2n) is 9.93. The molecule has 3 N–H and O–H groups in total. The molecule has 0 spiro atoms. The van der Waals surface area contributed by atoms with Crippen LogP contribution in [0.2, 0.25) is 0 Å². The molecule has 0 aromatic heterocycles. The standard InChI is InChI=1S/C33H29BrN2O6/c1-20(41-18-21-9-3-2-4-10-21)30(31(37)35-29-16-15-22(34)17-27(29)32(38)39)36-33(40)42-19-28-25-13-7-5-11-23(25)24-12-6-8-14-26(24)28/h2-17,20,28,30H,18-19H2,1H3,(H,35,37)(H,36,40)(H,38,39). The minimum Gasteiger partial charge on any atom is -0.478 e. The molecule has 0 aliphatic heterocycles. The number of hydrogen-bond acceptors (Lipinski definition) is 5. The van der Waals surface area contributed by atoms with Crippen molar-refractivity contribution >= 4 is 39.6 Å². The van der Waals surface area contributed by atoms with Crippen LogP contribution in [-0.2, 0) is 20.9 Å². The lowest BCUT2D eigenvalue weighted by Gasteiger charge is -2.25. The van der Waals surface area contributed by atoms with Crippen molar-refractivity contribution in [1.82, 2.24) is 5.32 Å². The first-order valence-corrected chi connectivity index (χ1v) is 14.2.